The van der Waals surface area contributed by atoms with E-state index in [1.807, 2.05) is 10.9 Å². The van der Waals surface area contributed by atoms with Crippen molar-refractivity contribution in [1.82, 2.24) is 24.6 Å². The van der Waals surface area contributed by atoms with E-state index in [1.54, 1.807) is 18.1 Å². The molecule has 19 heavy (non-hydrogen) atoms. The number of likely N-dealkylation sites (N-methyl/N-ethyl adjacent to an activating group) is 1. The summed E-state index contributed by atoms with van der Waals surface area (Å²) < 4.78 is 1.93. The summed E-state index contributed by atoms with van der Waals surface area (Å²) in [5.74, 6) is 1.84. The molecule has 3 rings (SSSR count). The first-order valence-corrected chi connectivity index (χ1v) is 7.78. The zero-order valence-corrected chi connectivity index (χ0v) is 12.1. The zero-order chi connectivity index (χ0) is 13.2. The maximum Gasteiger partial charge on any atom is 0.164 e. The van der Waals surface area contributed by atoms with E-state index in [1.165, 1.54) is 0 Å². The number of aromatic nitrogens is 4. The van der Waals surface area contributed by atoms with Crippen molar-refractivity contribution in [3.63, 3.8) is 0 Å². The third kappa shape index (κ3) is 2.40. The van der Waals surface area contributed by atoms with E-state index in [4.69, 9.17) is 0 Å². The van der Waals surface area contributed by atoms with Gasteiger partial charge in [0.25, 0.3) is 0 Å². The Morgan fingerprint density at radius 1 is 1.21 bits per heavy atom. The van der Waals surface area contributed by atoms with E-state index >= 15 is 0 Å². The maximum atomic E-state index is 4.47. The standard InChI is InChI=1S/C12H18N6S/c1-16-3-5-17(6-4-16)11-10-7-15-18(9-19-2)12(10)14-8-13-11/h7-8H,3-6,9H2,1-2H3. The summed E-state index contributed by atoms with van der Waals surface area (Å²) in [6, 6.07) is 0. The largest absolute Gasteiger partial charge is 0.353 e. The van der Waals surface area contributed by atoms with Crippen LogP contribution in [0.5, 0.6) is 0 Å². The monoisotopic (exact) mass is 278 g/mol. The van der Waals surface area contributed by atoms with Crippen LogP contribution in [-0.2, 0) is 5.88 Å². The van der Waals surface area contributed by atoms with Crippen molar-refractivity contribution in [2.45, 2.75) is 5.88 Å². The summed E-state index contributed by atoms with van der Waals surface area (Å²) >= 11 is 1.74. The molecule has 0 saturated carbocycles. The Bertz CT molecular complexity index is 560. The van der Waals surface area contributed by atoms with Crippen molar-refractivity contribution in [2.75, 3.05) is 44.4 Å². The fourth-order valence-electron chi connectivity index (χ4n) is 2.37. The molecule has 0 aromatic carbocycles. The second kappa shape index (κ2) is 5.34. The number of piperazine rings is 1. The fraction of sp³-hybridized carbons (Fsp3) is 0.583. The van der Waals surface area contributed by atoms with Crippen LogP contribution in [0.3, 0.4) is 0 Å². The third-order valence-electron chi connectivity index (χ3n) is 3.47. The van der Waals surface area contributed by atoms with E-state index < -0.39 is 0 Å². The van der Waals surface area contributed by atoms with Crippen molar-refractivity contribution in [3.05, 3.63) is 12.5 Å². The second-order valence-electron chi connectivity index (χ2n) is 4.79. The number of hydrogen-bond acceptors (Lipinski definition) is 6. The molecular weight excluding hydrogens is 260 g/mol. The molecule has 7 heteroatoms. The van der Waals surface area contributed by atoms with Crippen LogP contribution in [0, 0.1) is 0 Å². The molecule has 0 atom stereocenters. The number of fused-ring (bicyclic) bond motifs is 1. The van der Waals surface area contributed by atoms with Crippen LogP contribution in [0.1, 0.15) is 0 Å². The molecule has 6 nitrogen and oxygen atoms in total. The Morgan fingerprint density at radius 3 is 2.74 bits per heavy atom. The van der Waals surface area contributed by atoms with Gasteiger partial charge in [-0.2, -0.15) is 5.10 Å². The summed E-state index contributed by atoms with van der Waals surface area (Å²) in [4.78, 5) is 13.5. The van der Waals surface area contributed by atoms with Crippen molar-refractivity contribution in [3.8, 4) is 0 Å². The van der Waals surface area contributed by atoms with Gasteiger partial charge in [-0.25, -0.2) is 14.6 Å². The lowest BCUT2D eigenvalue weighted by Crippen LogP contribution is -2.44. The number of hydrogen-bond donors (Lipinski definition) is 0. The van der Waals surface area contributed by atoms with Gasteiger partial charge < -0.3 is 9.80 Å². The zero-order valence-electron chi connectivity index (χ0n) is 11.3. The molecule has 1 aliphatic heterocycles. The molecule has 2 aromatic heterocycles. The van der Waals surface area contributed by atoms with Gasteiger partial charge in [0, 0.05) is 26.2 Å². The molecule has 0 bridgehead atoms. The van der Waals surface area contributed by atoms with Gasteiger partial charge in [0.2, 0.25) is 0 Å². The van der Waals surface area contributed by atoms with Crippen molar-refractivity contribution < 1.29 is 0 Å². The summed E-state index contributed by atoms with van der Waals surface area (Å²) in [5, 5.41) is 5.47. The fourth-order valence-corrected chi connectivity index (χ4v) is 2.80. The Hall–Kier alpha value is -1.34. The van der Waals surface area contributed by atoms with Crippen LogP contribution in [0.25, 0.3) is 11.0 Å². The maximum absolute atomic E-state index is 4.47. The predicted molar refractivity (Wildman–Crippen MR) is 78.5 cm³/mol. The Labute approximate surface area is 116 Å². The van der Waals surface area contributed by atoms with Crippen LogP contribution < -0.4 is 4.90 Å². The van der Waals surface area contributed by atoms with E-state index in [-0.39, 0.29) is 0 Å². The lowest BCUT2D eigenvalue weighted by atomic mass is 10.3. The molecule has 102 valence electrons. The SMILES string of the molecule is CSCn1ncc2c(N3CCN(C)CC3)ncnc21. The highest BCUT2D eigenvalue weighted by Crippen LogP contribution is 2.23. The molecule has 1 aliphatic rings. The molecule has 1 saturated heterocycles. The summed E-state index contributed by atoms with van der Waals surface area (Å²) in [7, 11) is 2.16. The Kier molecular flexibility index (Phi) is 3.56. The van der Waals surface area contributed by atoms with Gasteiger partial charge in [0.15, 0.2) is 5.65 Å². The van der Waals surface area contributed by atoms with Gasteiger partial charge in [0.1, 0.15) is 12.1 Å². The molecule has 0 radical (unpaired) electrons. The molecule has 0 spiro atoms. The quantitative estimate of drug-likeness (QED) is 0.831. The topological polar surface area (TPSA) is 50.1 Å². The van der Waals surface area contributed by atoms with Crippen molar-refractivity contribution >= 4 is 28.6 Å². The van der Waals surface area contributed by atoms with Crippen LogP contribution >= 0.6 is 11.8 Å². The Morgan fingerprint density at radius 2 is 2.00 bits per heavy atom. The first-order valence-electron chi connectivity index (χ1n) is 6.38. The number of nitrogens with zero attached hydrogens (tertiary/aromatic N) is 6. The van der Waals surface area contributed by atoms with Gasteiger partial charge >= 0.3 is 0 Å². The van der Waals surface area contributed by atoms with Crippen molar-refractivity contribution in [2.24, 2.45) is 0 Å². The van der Waals surface area contributed by atoms with Gasteiger partial charge in [0.05, 0.1) is 17.5 Å². The molecule has 3 heterocycles. The third-order valence-corrected chi connectivity index (χ3v) is 3.97. The van der Waals surface area contributed by atoms with Crippen LogP contribution in [0.2, 0.25) is 0 Å². The van der Waals surface area contributed by atoms with Crippen LogP contribution in [-0.4, -0.2) is 64.1 Å². The second-order valence-corrected chi connectivity index (χ2v) is 5.62. The van der Waals surface area contributed by atoms with Crippen LogP contribution in [0.15, 0.2) is 12.5 Å². The molecule has 1 fully saturated rings. The normalized spacial score (nSPS) is 17.3. The van der Waals surface area contributed by atoms with E-state index in [0.29, 0.717) is 0 Å². The molecule has 0 amide bonds. The highest BCUT2D eigenvalue weighted by Gasteiger charge is 2.19. The first kappa shape index (κ1) is 12.7. The minimum absolute atomic E-state index is 0.822. The highest BCUT2D eigenvalue weighted by atomic mass is 32.2. The minimum Gasteiger partial charge on any atom is -0.353 e. The van der Waals surface area contributed by atoms with Crippen LogP contribution in [0.4, 0.5) is 5.82 Å². The summed E-state index contributed by atoms with van der Waals surface area (Å²) in [6.45, 7) is 4.17. The average Bonchev–Trinajstić information content (AvgIpc) is 2.84. The lowest BCUT2D eigenvalue weighted by Gasteiger charge is -2.33. The first-order chi connectivity index (χ1) is 9.29. The number of thioether (sulfide) groups is 1. The van der Waals surface area contributed by atoms with Gasteiger partial charge in [-0.15, -0.1) is 11.8 Å². The van der Waals surface area contributed by atoms with E-state index in [2.05, 4.69) is 38.2 Å². The van der Waals surface area contributed by atoms with Gasteiger partial charge in [-0.05, 0) is 13.3 Å². The average molecular weight is 278 g/mol. The van der Waals surface area contributed by atoms with Gasteiger partial charge in [-0.1, -0.05) is 0 Å². The lowest BCUT2D eigenvalue weighted by molar-refractivity contribution is 0.312. The molecule has 0 unspecified atom stereocenters. The summed E-state index contributed by atoms with van der Waals surface area (Å²) in [5.41, 5.74) is 0.929. The smallest absolute Gasteiger partial charge is 0.164 e. The minimum atomic E-state index is 0.822. The van der Waals surface area contributed by atoms with Crippen molar-refractivity contribution in [1.29, 1.82) is 0 Å². The molecule has 0 N–H and O–H groups in total. The number of anilines is 1. The molecular formula is C12H18N6S. The van der Waals surface area contributed by atoms with E-state index in [9.17, 15) is 0 Å². The number of rotatable bonds is 3. The highest BCUT2D eigenvalue weighted by molar-refractivity contribution is 7.97. The summed E-state index contributed by atoms with van der Waals surface area (Å²) in [6.07, 6.45) is 5.60. The molecule has 2 aromatic rings. The van der Waals surface area contributed by atoms with E-state index in [0.717, 1.165) is 48.9 Å². The van der Waals surface area contributed by atoms with Gasteiger partial charge in [-0.3, -0.25) is 0 Å². The predicted octanol–water partition coefficient (Wildman–Crippen LogP) is 0.899. The Balaban J connectivity index is 1.95. The molecule has 0 aliphatic carbocycles.